The van der Waals surface area contributed by atoms with Crippen molar-refractivity contribution in [3.63, 3.8) is 0 Å². The summed E-state index contributed by atoms with van der Waals surface area (Å²) in [5.74, 6) is 0.245. The molecule has 1 saturated heterocycles. The van der Waals surface area contributed by atoms with Crippen molar-refractivity contribution in [1.29, 1.82) is 0 Å². The molecule has 0 saturated carbocycles. The van der Waals surface area contributed by atoms with E-state index >= 15 is 0 Å². The summed E-state index contributed by atoms with van der Waals surface area (Å²) in [6, 6.07) is 0.441. The van der Waals surface area contributed by atoms with Gasteiger partial charge in [0.1, 0.15) is 0 Å². The minimum atomic E-state index is -0.291. The zero-order valence-electron chi connectivity index (χ0n) is 12.1. The Kier molecular flexibility index (Phi) is 6.65. The molecule has 106 valence electrons. The summed E-state index contributed by atoms with van der Waals surface area (Å²) in [6.45, 7) is 6.11. The Bertz CT molecular complexity index is 256. The molecule has 0 radical (unpaired) electrons. The molecule has 1 amide bonds. The lowest BCUT2D eigenvalue weighted by molar-refractivity contribution is -0.135. The Hall–Kier alpha value is -0.610. The van der Waals surface area contributed by atoms with Gasteiger partial charge in [-0.25, -0.2) is 0 Å². The zero-order valence-corrected chi connectivity index (χ0v) is 12.1. The van der Waals surface area contributed by atoms with E-state index in [2.05, 4.69) is 11.8 Å². The number of nitrogens with zero attached hydrogens (tertiary/aromatic N) is 2. The maximum absolute atomic E-state index is 12.2. The fourth-order valence-electron chi connectivity index (χ4n) is 2.56. The Morgan fingerprint density at radius 3 is 2.83 bits per heavy atom. The molecular weight excluding hydrogens is 228 g/mol. The number of carbonyl (C=O) groups excluding carboxylic acids is 1. The number of amides is 1. The molecule has 0 aromatic heterocycles. The Morgan fingerprint density at radius 1 is 1.50 bits per heavy atom. The van der Waals surface area contributed by atoms with Crippen LogP contribution in [0.1, 0.15) is 46.0 Å². The topological polar surface area (TPSA) is 43.8 Å². The van der Waals surface area contributed by atoms with Crippen LogP contribution in [-0.4, -0.2) is 59.6 Å². The standard InChI is InChI=1S/C14H28N2O2/c1-4-13-7-5-6-9-16(13)14(18)11-15(3)10-8-12(2)17/h12-13,17H,4-11H2,1-3H3. The molecule has 1 heterocycles. The predicted octanol–water partition coefficient (Wildman–Crippen LogP) is 1.48. The molecule has 0 bridgehead atoms. The van der Waals surface area contributed by atoms with Gasteiger partial charge in [0, 0.05) is 19.1 Å². The quantitative estimate of drug-likeness (QED) is 0.783. The lowest BCUT2D eigenvalue weighted by Crippen LogP contribution is -2.47. The van der Waals surface area contributed by atoms with Gasteiger partial charge in [-0.1, -0.05) is 6.92 Å². The highest BCUT2D eigenvalue weighted by Gasteiger charge is 2.25. The summed E-state index contributed by atoms with van der Waals surface area (Å²) in [5, 5.41) is 9.24. The van der Waals surface area contributed by atoms with Crippen LogP contribution in [0.4, 0.5) is 0 Å². The van der Waals surface area contributed by atoms with E-state index in [1.54, 1.807) is 6.92 Å². The van der Waals surface area contributed by atoms with Crippen LogP contribution in [0.2, 0.25) is 0 Å². The monoisotopic (exact) mass is 256 g/mol. The van der Waals surface area contributed by atoms with Crippen LogP contribution < -0.4 is 0 Å². The van der Waals surface area contributed by atoms with Crippen molar-refractivity contribution >= 4 is 5.91 Å². The minimum Gasteiger partial charge on any atom is -0.393 e. The van der Waals surface area contributed by atoms with E-state index < -0.39 is 0 Å². The fraction of sp³-hybridized carbons (Fsp3) is 0.929. The third-order valence-corrected chi connectivity index (χ3v) is 3.75. The number of likely N-dealkylation sites (tertiary alicyclic amines) is 1. The lowest BCUT2D eigenvalue weighted by atomic mass is 10.00. The molecule has 1 rings (SSSR count). The molecule has 0 aliphatic carbocycles. The first-order chi connectivity index (χ1) is 8.54. The number of carbonyl (C=O) groups is 1. The number of hydrogen-bond acceptors (Lipinski definition) is 3. The Balaban J connectivity index is 2.38. The number of piperidine rings is 1. The zero-order chi connectivity index (χ0) is 13.5. The van der Waals surface area contributed by atoms with Crippen LogP contribution in [0.5, 0.6) is 0 Å². The second-order valence-electron chi connectivity index (χ2n) is 5.52. The second kappa shape index (κ2) is 7.74. The third kappa shape index (κ3) is 4.94. The van der Waals surface area contributed by atoms with E-state index in [1.165, 1.54) is 6.42 Å². The molecule has 4 heteroatoms. The van der Waals surface area contributed by atoms with Gasteiger partial charge < -0.3 is 10.0 Å². The first kappa shape index (κ1) is 15.4. The molecule has 2 atom stereocenters. The summed E-state index contributed by atoms with van der Waals surface area (Å²) in [7, 11) is 1.95. The summed E-state index contributed by atoms with van der Waals surface area (Å²) >= 11 is 0. The van der Waals surface area contributed by atoms with E-state index in [9.17, 15) is 9.90 Å². The largest absolute Gasteiger partial charge is 0.393 e. The molecule has 1 N–H and O–H groups in total. The molecule has 1 aliphatic heterocycles. The first-order valence-electron chi connectivity index (χ1n) is 7.20. The van der Waals surface area contributed by atoms with E-state index in [0.29, 0.717) is 12.6 Å². The highest BCUT2D eigenvalue weighted by Crippen LogP contribution is 2.19. The van der Waals surface area contributed by atoms with Crippen molar-refractivity contribution in [1.82, 2.24) is 9.80 Å². The van der Waals surface area contributed by atoms with Crippen molar-refractivity contribution in [2.24, 2.45) is 0 Å². The maximum Gasteiger partial charge on any atom is 0.236 e. The predicted molar refractivity (Wildman–Crippen MR) is 73.4 cm³/mol. The average Bonchev–Trinajstić information content (AvgIpc) is 2.36. The summed E-state index contributed by atoms with van der Waals surface area (Å²) in [5.41, 5.74) is 0. The van der Waals surface area contributed by atoms with Crippen LogP contribution >= 0.6 is 0 Å². The van der Waals surface area contributed by atoms with Crippen LogP contribution in [0.15, 0.2) is 0 Å². The van der Waals surface area contributed by atoms with Gasteiger partial charge in [0.15, 0.2) is 0 Å². The number of aliphatic hydroxyl groups is 1. The molecule has 4 nitrogen and oxygen atoms in total. The van der Waals surface area contributed by atoms with Gasteiger partial charge in [-0.3, -0.25) is 9.69 Å². The van der Waals surface area contributed by atoms with E-state index in [0.717, 1.165) is 38.8 Å². The molecule has 0 aromatic rings. The first-order valence-corrected chi connectivity index (χ1v) is 7.20. The molecule has 0 spiro atoms. The highest BCUT2D eigenvalue weighted by molar-refractivity contribution is 5.78. The van der Waals surface area contributed by atoms with Crippen molar-refractivity contribution in [3.05, 3.63) is 0 Å². The van der Waals surface area contributed by atoms with Gasteiger partial charge in [-0.05, 0) is 46.1 Å². The van der Waals surface area contributed by atoms with Gasteiger partial charge in [0.05, 0.1) is 12.6 Å². The number of likely N-dealkylation sites (N-methyl/N-ethyl adjacent to an activating group) is 1. The van der Waals surface area contributed by atoms with Crippen LogP contribution in [0.25, 0.3) is 0 Å². The van der Waals surface area contributed by atoms with Gasteiger partial charge >= 0.3 is 0 Å². The summed E-state index contributed by atoms with van der Waals surface area (Å²) in [6.07, 6.45) is 5.03. The number of rotatable bonds is 6. The summed E-state index contributed by atoms with van der Waals surface area (Å²) < 4.78 is 0. The molecule has 1 aliphatic rings. The fourth-order valence-corrected chi connectivity index (χ4v) is 2.56. The Morgan fingerprint density at radius 2 is 2.22 bits per heavy atom. The van der Waals surface area contributed by atoms with Crippen molar-refractivity contribution in [2.75, 3.05) is 26.7 Å². The molecular formula is C14H28N2O2. The van der Waals surface area contributed by atoms with Crippen molar-refractivity contribution in [2.45, 2.75) is 58.1 Å². The van der Waals surface area contributed by atoms with Gasteiger partial charge in [0.2, 0.25) is 5.91 Å². The smallest absolute Gasteiger partial charge is 0.236 e. The summed E-state index contributed by atoms with van der Waals surface area (Å²) in [4.78, 5) is 16.3. The second-order valence-corrected chi connectivity index (χ2v) is 5.52. The molecule has 1 fully saturated rings. The molecule has 0 aromatic carbocycles. The van der Waals surface area contributed by atoms with Gasteiger partial charge in [-0.2, -0.15) is 0 Å². The highest BCUT2D eigenvalue weighted by atomic mass is 16.3. The van der Waals surface area contributed by atoms with Crippen LogP contribution in [0.3, 0.4) is 0 Å². The van der Waals surface area contributed by atoms with Gasteiger partial charge in [-0.15, -0.1) is 0 Å². The third-order valence-electron chi connectivity index (χ3n) is 3.75. The minimum absolute atomic E-state index is 0.245. The van der Waals surface area contributed by atoms with Gasteiger partial charge in [0.25, 0.3) is 0 Å². The maximum atomic E-state index is 12.2. The number of aliphatic hydroxyl groups excluding tert-OH is 1. The number of hydrogen-bond donors (Lipinski definition) is 1. The van der Waals surface area contributed by atoms with Crippen LogP contribution in [-0.2, 0) is 4.79 Å². The van der Waals surface area contributed by atoms with Crippen LogP contribution in [0, 0.1) is 0 Å². The van der Waals surface area contributed by atoms with Crippen molar-refractivity contribution in [3.8, 4) is 0 Å². The van der Waals surface area contributed by atoms with E-state index in [-0.39, 0.29) is 12.0 Å². The molecule has 2 unspecified atom stereocenters. The van der Waals surface area contributed by atoms with E-state index in [4.69, 9.17) is 0 Å². The van der Waals surface area contributed by atoms with Crippen molar-refractivity contribution < 1.29 is 9.90 Å². The normalized spacial score (nSPS) is 22.3. The lowest BCUT2D eigenvalue weighted by Gasteiger charge is -2.36. The Labute approximate surface area is 111 Å². The average molecular weight is 256 g/mol. The SMILES string of the molecule is CCC1CCCCN1C(=O)CN(C)CCC(C)O. The van der Waals surface area contributed by atoms with E-state index in [1.807, 2.05) is 11.9 Å². The molecule has 18 heavy (non-hydrogen) atoms.